The number of hydrogen-bond donors (Lipinski definition) is 1. The molecular formula is C13H16N4O. The van der Waals surface area contributed by atoms with Crippen molar-refractivity contribution in [1.82, 2.24) is 15.0 Å². The van der Waals surface area contributed by atoms with Gasteiger partial charge in [-0.05, 0) is 12.5 Å². The Balaban J connectivity index is 2.36. The van der Waals surface area contributed by atoms with Crippen LogP contribution in [-0.2, 0) is 6.42 Å². The Morgan fingerprint density at radius 3 is 2.72 bits per heavy atom. The average molecular weight is 244 g/mol. The molecule has 5 heteroatoms. The minimum absolute atomic E-state index is 0.485. The fourth-order valence-electron chi connectivity index (χ4n) is 1.65. The molecule has 2 heterocycles. The smallest absolute Gasteiger partial charge is 0.212 e. The van der Waals surface area contributed by atoms with E-state index in [1.807, 2.05) is 6.07 Å². The summed E-state index contributed by atoms with van der Waals surface area (Å²) in [6.45, 7) is 2.08. The predicted molar refractivity (Wildman–Crippen MR) is 70.2 cm³/mol. The molecule has 0 saturated heterocycles. The first-order valence-corrected chi connectivity index (χ1v) is 5.86. The van der Waals surface area contributed by atoms with E-state index in [1.165, 1.54) is 0 Å². The van der Waals surface area contributed by atoms with E-state index in [2.05, 4.69) is 21.9 Å². The third-order valence-corrected chi connectivity index (χ3v) is 2.51. The minimum Gasteiger partial charge on any atom is -0.481 e. The largest absolute Gasteiger partial charge is 0.481 e. The molecule has 0 aromatic carbocycles. The van der Waals surface area contributed by atoms with Gasteiger partial charge in [0.1, 0.15) is 11.6 Å². The number of pyridine rings is 1. The molecule has 0 aliphatic rings. The summed E-state index contributed by atoms with van der Waals surface area (Å²) in [4.78, 5) is 12.8. The van der Waals surface area contributed by atoms with Gasteiger partial charge in [0.25, 0.3) is 0 Å². The Bertz CT molecular complexity index is 525. The topological polar surface area (TPSA) is 73.9 Å². The molecule has 2 aromatic heterocycles. The second kappa shape index (κ2) is 5.44. The first kappa shape index (κ1) is 12.3. The molecule has 0 aliphatic heterocycles. The summed E-state index contributed by atoms with van der Waals surface area (Å²) in [5.74, 6) is 1.83. The molecule has 0 spiro atoms. The van der Waals surface area contributed by atoms with Crippen molar-refractivity contribution in [3.8, 4) is 17.1 Å². The highest BCUT2D eigenvalue weighted by atomic mass is 16.5. The fraction of sp³-hybridized carbons (Fsp3) is 0.308. The number of hydrogen-bond acceptors (Lipinski definition) is 5. The molecule has 0 aliphatic carbocycles. The van der Waals surface area contributed by atoms with Crippen molar-refractivity contribution < 1.29 is 4.74 Å². The van der Waals surface area contributed by atoms with Crippen molar-refractivity contribution >= 4 is 5.82 Å². The lowest BCUT2D eigenvalue weighted by molar-refractivity contribution is 0.398. The zero-order valence-electron chi connectivity index (χ0n) is 10.6. The summed E-state index contributed by atoms with van der Waals surface area (Å²) >= 11 is 0. The van der Waals surface area contributed by atoms with Gasteiger partial charge in [0, 0.05) is 30.3 Å². The van der Waals surface area contributed by atoms with E-state index in [0.717, 1.165) is 29.9 Å². The molecular weight excluding hydrogens is 228 g/mol. The molecule has 0 fully saturated rings. The fourth-order valence-corrected chi connectivity index (χ4v) is 1.65. The third kappa shape index (κ3) is 2.74. The minimum atomic E-state index is 0.485. The number of nitrogens with two attached hydrogens (primary N) is 1. The second-order valence-corrected chi connectivity index (χ2v) is 3.93. The van der Waals surface area contributed by atoms with Crippen LogP contribution in [0.15, 0.2) is 24.4 Å². The summed E-state index contributed by atoms with van der Waals surface area (Å²) in [5, 5.41) is 0. The summed E-state index contributed by atoms with van der Waals surface area (Å²) in [6.07, 6.45) is 3.53. The molecule has 5 nitrogen and oxygen atoms in total. The Morgan fingerprint density at radius 2 is 2.11 bits per heavy atom. The SMILES string of the molecule is CCCc1nc(N)cc(-c2ccc(OC)nc2)n1. The van der Waals surface area contributed by atoms with Gasteiger partial charge in [-0.25, -0.2) is 15.0 Å². The third-order valence-electron chi connectivity index (χ3n) is 2.51. The monoisotopic (exact) mass is 244 g/mol. The average Bonchev–Trinajstić information content (AvgIpc) is 2.38. The van der Waals surface area contributed by atoms with Crippen LogP contribution >= 0.6 is 0 Å². The van der Waals surface area contributed by atoms with Crippen molar-refractivity contribution in [3.63, 3.8) is 0 Å². The number of anilines is 1. The molecule has 0 radical (unpaired) electrons. The maximum absolute atomic E-state index is 5.79. The summed E-state index contributed by atoms with van der Waals surface area (Å²) in [6, 6.07) is 5.46. The molecule has 94 valence electrons. The molecule has 18 heavy (non-hydrogen) atoms. The zero-order chi connectivity index (χ0) is 13.0. The van der Waals surface area contributed by atoms with Crippen LogP contribution in [-0.4, -0.2) is 22.1 Å². The normalized spacial score (nSPS) is 10.3. The van der Waals surface area contributed by atoms with E-state index in [0.29, 0.717) is 11.7 Å². The van der Waals surface area contributed by atoms with E-state index in [4.69, 9.17) is 10.5 Å². The van der Waals surface area contributed by atoms with Gasteiger partial charge in [-0.15, -0.1) is 0 Å². The summed E-state index contributed by atoms with van der Waals surface area (Å²) in [7, 11) is 1.59. The Morgan fingerprint density at radius 1 is 1.28 bits per heavy atom. The van der Waals surface area contributed by atoms with Gasteiger partial charge in [0.05, 0.1) is 12.8 Å². The van der Waals surface area contributed by atoms with Gasteiger partial charge in [-0.2, -0.15) is 0 Å². The van der Waals surface area contributed by atoms with Crippen LogP contribution in [0, 0.1) is 0 Å². The zero-order valence-corrected chi connectivity index (χ0v) is 10.6. The van der Waals surface area contributed by atoms with Crippen LogP contribution in [0.3, 0.4) is 0 Å². The molecule has 0 amide bonds. The van der Waals surface area contributed by atoms with Crippen molar-refractivity contribution in [1.29, 1.82) is 0 Å². The first-order valence-electron chi connectivity index (χ1n) is 5.86. The Hall–Kier alpha value is -2.17. The van der Waals surface area contributed by atoms with Gasteiger partial charge >= 0.3 is 0 Å². The van der Waals surface area contributed by atoms with E-state index in [9.17, 15) is 0 Å². The van der Waals surface area contributed by atoms with Gasteiger partial charge in [-0.1, -0.05) is 6.92 Å². The quantitative estimate of drug-likeness (QED) is 0.891. The lowest BCUT2D eigenvalue weighted by Gasteiger charge is -2.05. The standard InChI is InChI=1S/C13H16N4O/c1-3-4-12-16-10(7-11(14)17-12)9-5-6-13(18-2)15-8-9/h5-8H,3-4H2,1-2H3,(H2,14,16,17). The molecule has 0 atom stereocenters. The van der Waals surface area contributed by atoms with E-state index >= 15 is 0 Å². The Labute approximate surface area is 106 Å². The van der Waals surface area contributed by atoms with Crippen molar-refractivity contribution in [2.45, 2.75) is 19.8 Å². The maximum Gasteiger partial charge on any atom is 0.212 e. The van der Waals surface area contributed by atoms with Gasteiger partial charge in [-0.3, -0.25) is 0 Å². The van der Waals surface area contributed by atoms with Crippen LogP contribution in [0.5, 0.6) is 5.88 Å². The molecule has 2 aromatic rings. The highest BCUT2D eigenvalue weighted by molar-refractivity contribution is 5.61. The van der Waals surface area contributed by atoms with Gasteiger partial charge in [0.15, 0.2) is 0 Å². The van der Waals surface area contributed by atoms with Gasteiger partial charge < -0.3 is 10.5 Å². The van der Waals surface area contributed by atoms with Crippen molar-refractivity contribution in [3.05, 3.63) is 30.2 Å². The van der Waals surface area contributed by atoms with Crippen molar-refractivity contribution in [2.24, 2.45) is 0 Å². The molecule has 0 bridgehead atoms. The van der Waals surface area contributed by atoms with Crippen LogP contribution in [0.4, 0.5) is 5.82 Å². The maximum atomic E-state index is 5.79. The first-order chi connectivity index (χ1) is 8.72. The highest BCUT2D eigenvalue weighted by Gasteiger charge is 2.05. The molecule has 2 N–H and O–H groups in total. The predicted octanol–water partition coefficient (Wildman–Crippen LogP) is 2.08. The van der Waals surface area contributed by atoms with E-state index in [1.54, 1.807) is 25.4 Å². The number of methoxy groups -OCH3 is 1. The summed E-state index contributed by atoms with van der Waals surface area (Å²) in [5.41, 5.74) is 7.48. The highest BCUT2D eigenvalue weighted by Crippen LogP contribution is 2.20. The Kier molecular flexibility index (Phi) is 3.72. The van der Waals surface area contributed by atoms with Crippen LogP contribution in [0.2, 0.25) is 0 Å². The van der Waals surface area contributed by atoms with Crippen LogP contribution < -0.4 is 10.5 Å². The molecule has 0 unspecified atom stereocenters. The number of nitrogens with zero attached hydrogens (tertiary/aromatic N) is 3. The van der Waals surface area contributed by atoms with Gasteiger partial charge in [0.2, 0.25) is 5.88 Å². The number of nitrogen functional groups attached to an aromatic ring is 1. The van der Waals surface area contributed by atoms with E-state index in [-0.39, 0.29) is 0 Å². The number of rotatable bonds is 4. The van der Waals surface area contributed by atoms with E-state index < -0.39 is 0 Å². The lowest BCUT2D eigenvalue weighted by Crippen LogP contribution is -2.01. The molecule has 0 saturated carbocycles. The molecule has 2 rings (SSSR count). The van der Waals surface area contributed by atoms with Crippen LogP contribution in [0.25, 0.3) is 11.3 Å². The second-order valence-electron chi connectivity index (χ2n) is 3.93. The van der Waals surface area contributed by atoms with Crippen molar-refractivity contribution in [2.75, 3.05) is 12.8 Å². The summed E-state index contributed by atoms with van der Waals surface area (Å²) < 4.78 is 5.02. The number of aryl methyl sites for hydroxylation is 1. The number of aromatic nitrogens is 3. The lowest BCUT2D eigenvalue weighted by atomic mass is 10.2. The number of ether oxygens (including phenoxy) is 1. The van der Waals surface area contributed by atoms with Crippen LogP contribution in [0.1, 0.15) is 19.2 Å².